The molecule has 0 saturated carbocycles. The Bertz CT molecular complexity index is 970. The fourth-order valence-electron chi connectivity index (χ4n) is 2.94. The van der Waals surface area contributed by atoms with Gasteiger partial charge < -0.3 is 20.1 Å². The number of nitrogens with zero attached hydrogens (tertiary/aromatic N) is 3. The molecule has 1 aliphatic rings. The minimum Gasteiger partial charge on any atom is -0.466 e. The second-order valence-electron chi connectivity index (χ2n) is 6.46. The number of hydrogen-bond acceptors (Lipinski definition) is 7. The quantitative estimate of drug-likeness (QED) is 0.555. The van der Waals surface area contributed by atoms with Crippen LogP contribution in [-0.2, 0) is 14.3 Å². The van der Waals surface area contributed by atoms with Crippen LogP contribution in [0.15, 0.2) is 70.0 Å². The third-order valence-corrected chi connectivity index (χ3v) is 4.46. The van der Waals surface area contributed by atoms with Crippen molar-refractivity contribution in [3.63, 3.8) is 0 Å². The number of amides is 1. The summed E-state index contributed by atoms with van der Waals surface area (Å²) in [6, 6.07) is 14.8. The highest BCUT2D eigenvalue weighted by atomic mass is 16.5. The third kappa shape index (κ3) is 4.67. The second kappa shape index (κ2) is 9.11. The number of anilines is 1. The van der Waals surface area contributed by atoms with E-state index >= 15 is 0 Å². The van der Waals surface area contributed by atoms with Crippen LogP contribution in [0, 0.1) is 6.92 Å². The molecule has 0 fully saturated rings. The van der Waals surface area contributed by atoms with E-state index in [4.69, 9.17) is 9.84 Å². The van der Waals surface area contributed by atoms with Crippen LogP contribution in [0.4, 0.5) is 17.1 Å². The van der Waals surface area contributed by atoms with E-state index in [9.17, 15) is 9.59 Å². The van der Waals surface area contributed by atoms with Gasteiger partial charge in [0, 0.05) is 12.2 Å². The van der Waals surface area contributed by atoms with Crippen molar-refractivity contribution in [3.05, 3.63) is 65.4 Å². The van der Waals surface area contributed by atoms with Crippen LogP contribution in [-0.4, -0.2) is 48.7 Å². The SMILES string of the molecule is COC(=O)C1=C(Nc2ccc(N=Nc3ccccc3)cc2C)C(=O)N(CCO)C1. The molecule has 150 valence electrons. The van der Waals surface area contributed by atoms with Gasteiger partial charge in [-0.05, 0) is 42.8 Å². The lowest BCUT2D eigenvalue weighted by atomic mass is 10.1. The van der Waals surface area contributed by atoms with E-state index in [0.717, 1.165) is 11.3 Å². The van der Waals surface area contributed by atoms with E-state index in [1.807, 2.05) is 43.3 Å². The molecule has 0 aromatic heterocycles. The second-order valence-corrected chi connectivity index (χ2v) is 6.46. The lowest BCUT2D eigenvalue weighted by molar-refractivity contribution is -0.136. The number of carbonyl (C=O) groups excluding carboxylic acids is 2. The Morgan fingerprint density at radius 2 is 1.90 bits per heavy atom. The molecule has 0 bridgehead atoms. The van der Waals surface area contributed by atoms with Gasteiger partial charge in [-0.1, -0.05) is 18.2 Å². The molecule has 0 radical (unpaired) electrons. The number of nitrogens with one attached hydrogen (secondary N) is 1. The molecule has 2 aromatic rings. The highest BCUT2D eigenvalue weighted by Crippen LogP contribution is 2.28. The number of esters is 1. The number of carbonyl (C=O) groups is 2. The van der Waals surface area contributed by atoms with E-state index < -0.39 is 5.97 Å². The summed E-state index contributed by atoms with van der Waals surface area (Å²) < 4.78 is 4.79. The number of benzene rings is 2. The van der Waals surface area contributed by atoms with Crippen molar-refractivity contribution >= 4 is 28.9 Å². The molecule has 8 heteroatoms. The molecule has 1 amide bonds. The monoisotopic (exact) mass is 394 g/mol. The van der Waals surface area contributed by atoms with E-state index in [0.29, 0.717) is 11.4 Å². The zero-order chi connectivity index (χ0) is 20.8. The van der Waals surface area contributed by atoms with Crippen LogP contribution in [0.5, 0.6) is 0 Å². The summed E-state index contributed by atoms with van der Waals surface area (Å²) in [6.07, 6.45) is 0. The Morgan fingerprint density at radius 1 is 1.17 bits per heavy atom. The summed E-state index contributed by atoms with van der Waals surface area (Å²) in [5.41, 5.74) is 3.31. The number of methoxy groups -OCH3 is 1. The minimum atomic E-state index is -0.577. The van der Waals surface area contributed by atoms with E-state index in [1.165, 1.54) is 12.0 Å². The minimum absolute atomic E-state index is 0.0941. The van der Waals surface area contributed by atoms with Crippen molar-refractivity contribution in [1.82, 2.24) is 4.90 Å². The number of azo groups is 1. The average Bonchev–Trinajstić information content (AvgIpc) is 3.04. The Labute approximate surface area is 168 Å². The number of hydrogen-bond donors (Lipinski definition) is 2. The van der Waals surface area contributed by atoms with Gasteiger partial charge in [-0.15, -0.1) is 0 Å². The van der Waals surface area contributed by atoms with Gasteiger partial charge in [0.15, 0.2) is 0 Å². The topological polar surface area (TPSA) is 104 Å². The van der Waals surface area contributed by atoms with Gasteiger partial charge in [0.25, 0.3) is 5.91 Å². The van der Waals surface area contributed by atoms with Gasteiger partial charge in [-0.2, -0.15) is 10.2 Å². The predicted molar refractivity (Wildman–Crippen MR) is 108 cm³/mol. The molecule has 3 rings (SSSR count). The molecule has 8 nitrogen and oxygen atoms in total. The van der Waals surface area contributed by atoms with Crippen LogP contribution < -0.4 is 5.32 Å². The fourth-order valence-corrected chi connectivity index (χ4v) is 2.94. The Hall–Kier alpha value is -3.52. The van der Waals surface area contributed by atoms with Crippen LogP contribution in [0.2, 0.25) is 0 Å². The van der Waals surface area contributed by atoms with Crippen LogP contribution in [0.1, 0.15) is 5.56 Å². The zero-order valence-electron chi connectivity index (χ0n) is 16.3. The molecular weight excluding hydrogens is 372 g/mol. The van der Waals surface area contributed by atoms with Crippen LogP contribution >= 0.6 is 0 Å². The van der Waals surface area contributed by atoms with Gasteiger partial charge in [0.2, 0.25) is 0 Å². The van der Waals surface area contributed by atoms with Gasteiger partial charge in [-0.3, -0.25) is 4.79 Å². The van der Waals surface area contributed by atoms with Crippen LogP contribution in [0.3, 0.4) is 0 Å². The number of aryl methyl sites for hydroxylation is 1. The van der Waals surface area contributed by atoms with E-state index in [-0.39, 0.29) is 36.9 Å². The van der Waals surface area contributed by atoms with Crippen molar-refractivity contribution in [2.24, 2.45) is 10.2 Å². The molecule has 29 heavy (non-hydrogen) atoms. The first-order valence-electron chi connectivity index (χ1n) is 9.09. The molecule has 0 saturated heterocycles. The number of aliphatic hydroxyl groups excluding tert-OH is 1. The number of aliphatic hydroxyl groups is 1. The summed E-state index contributed by atoms with van der Waals surface area (Å²) in [4.78, 5) is 26.1. The zero-order valence-corrected chi connectivity index (χ0v) is 16.3. The van der Waals surface area contributed by atoms with Gasteiger partial charge in [0.1, 0.15) is 5.70 Å². The summed E-state index contributed by atoms with van der Waals surface area (Å²) in [7, 11) is 1.27. The summed E-state index contributed by atoms with van der Waals surface area (Å²) in [5, 5.41) is 20.6. The standard InChI is InChI=1S/C21H22N4O4/c1-14-12-16(24-23-15-6-4-3-5-7-15)8-9-18(14)22-19-17(21(28)29-2)13-25(10-11-26)20(19)27/h3-9,12,22,26H,10-11,13H2,1-2H3. The molecule has 0 aliphatic carbocycles. The molecule has 0 unspecified atom stereocenters. The molecular formula is C21H22N4O4. The Kier molecular flexibility index (Phi) is 6.36. The molecule has 2 aromatic carbocycles. The van der Waals surface area contributed by atoms with Gasteiger partial charge in [0.05, 0.1) is 37.2 Å². The lowest BCUT2D eigenvalue weighted by Gasteiger charge is -2.15. The predicted octanol–water partition coefficient (Wildman–Crippen LogP) is 3.08. The van der Waals surface area contributed by atoms with E-state index in [2.05, 4.69) is 15.5 Å². The van der Waals surface area contributed by atoms with Crippen molar-refractivity contribution in [2.75, 3.05) is 32.1 Å². The van der Waals surface area contributed by atoms with Crippen molar-refractivity contribution in [1.29, 1.82) is 0 Å². The molecule has 1 heterocycles. The molecule has 1 aliphatic heterocycles. The first kappa shape index (κ1) is 20.2. The largest absolute Gasteiger partial charge is 0.466 e. The average molecular weight is 394 g/mol. The first-order chi connectivity index (χ1) is 14.0. The summed E-state index contributed by atoms with van der Waals surface area (Å²) in [5.74, 6) is -0.932. The number of rotatable bonds is 7. The van der Waals surface area contributed by atoms with E-state index in [1.54, 1.807) is 12.1 Å². The molecule has 0 atom stereocenters. The number of β-amino-alcohol motifs (C(OH)–C–C–N with tert-alkyl or cyclic N) is 1. The van der Waals surface area contributed by atoms with Gasteiger partial charge in [-0.25, -0.2) is 4.79 Å². The van der Waals surface area contributed by atoms with Crippen molar-refractivity contribution < 1.29 is 19.4 Å². The normalized spacial score (nSPS) is 14.0. The molecule has 0 spiro atoms. The highest BCUT2D eigenvalue weighted by Gasteiger charge is 2.34. The van der Waals surface area contributed by atoms with Gasteiger partial charge >= 0.3 is 5.97 Å². The lowest BCUT2D eigenvalue weighted by Crippen LogP contribution is -2.31. The van der Waals surface area contributed by atoms with Crippen molar-refractivity contribution in [3.8, 4) is 0 Å². The Morgan fingerprint density at radius 3 is 2.55 bits per heavy atom. The van der Waals surface area contributed by atoms with Crippen LogP contribution in [0.25, 0.3) is 0 Å². The highest BCUT2D eigenvalue weighted by molar-refractivity contribution is 6.08. The van der Waals surface area contributed by atoms with Crippen molar-refractivity contribution in [2.45, 2.75) is 6.92 Å². The first-order valence-corrected chi connectivity index (χ1v) is 9.09. The maximum absolute atomic E-state index is 12.6. The number of ether oxygens (including phenoxy) is 1. The summed E-state index contributed by atoms with van der Waals surface area (Å²) >= 11 is 0. The third-order valence-electron chi connectivity index (χ3n) is 4.46. The maximum atomic E-state index is 12.6. The Balaban J connectivity index is 1.82. The smallest absolute Gasteiger partial charge is 0.337 e. The summed E-state index contributed by atoms with van der Waals surface area (Å²) in [6.45, 7) is 1.92. The fraction of sp³-hybridized carbons (Fsp3) is 0.238. The maximum Gasteiger partial charge on any atom is 0.337 e. The molecule has 2 N–H and O–H groups in total.